The van der Waals surface area contributed by atoms with Crippen LogP contribution in [0.1, 0.15) is 13.8 Å². The van der Waals surface area contributed by atoms with Crippen molar-refractivity contribution in [1.29, 1.82) is 0 Å². The highest BCUT2D eigenvalue weighted by atomic mass is 32.2. The lowest BCUT2D eigenvalue weighted by molar-refractivity contribution is -0.122. The summed E-state index contributed by atoms with van der Waals surface area (Å²) in [5.74, 6) is 0.808. The van der Waals surface area contributed by atoms with Gasteiger partial charge in [-0.15, -0.1) is 11.8 Å². The van der Waals surface area contributed by atoms with Gasteiger partial charge in [-0.2, -0.15) is 10.2 Å². The summed E-state index contributed by atoms with van der Waals surface area (Å²) in [5.41, 5.74) is 0. The predicted octanol–water partition coefficient (Wildman–Crippen LogP) is 2.38. The number of ketones is 1. The fraction of sp³-hybridized carbons (Fsp3) is 0.857. The monoisotopic (exact) mass is 204 g/mol. The van der Waals surface area contributed by atoms with Crippen LogP contribution in [0.25, 0.3) is 0 Å². The van der Waals surface area contributed by atoms with Crippen LogP contribution in [0.5, 0.6) is 0 Å². The maximum atomic E-state index is 11.7. The van der Waals surface area contributed by atoms with E-state index in [0.717, 1.165) is 0 Å². The molecule has 0 aliphatic carbocycles. The third-order valence-corrected chi connectivity index (χ3v) is 4.24. The van der Waals surface area contributed by atoms with Crippen LogP contribution in [0.2, 0.25) is 0 Å². The van der Waals surface area contributed by atoms with Crippen LogP contribution in [0.15, 0.2) is 10.2 Å². The van der Waals surface area contributed by atoms with Gasteiger partial charge in [0.05, 0.1) is 0 Å². The van der Waals surface area contributed by atoms with Gasteiger partial charge in [0.1, 0.15) is 5.88 Å². The summed E-state index contributed by atoms with van der Waals surface area (Å²) < 4.78 is -0.631. The Labute approximate surface area is 80.8 Å². The van der Waals surface area contributed by atoms with Gasteiger partial charge in [-0.05, 0) is 6.26 Å². The molecule has 1 unspecified atom stereocenters. The fourth-order valence-corrected chi connectivity index (χ4v) is 2.94. The highest BCUT2D eigenvalue weighted by Crippen LogP contribution is 2.43. The van der Waals surface area contributed by atoms with E-state index >= 15 is 0 Å². The molecule has 0 spiro atoms. The number of thioether (sulfide) groups is 2. The summed E-state index contributed by atoms with van der Waals surface area (Å²) in [4.78, 5) is 11.7. The third kappa shape index (κ3) is 1.66. The molecule has 5 heteroatoms. The number of nitrogens with zero attached hydrogens (tertiary/aromatic N) is 2. The molecule has 3 nitrogen and oxygen atoms in total. The summed E-state index contributed by atoms with van der Waals surface area (Å²) in [7, 11) is 0. The number of rotatable bonds is 3. The molecule has 12 heavy (non-hydrogen) atoms. The van der Waals surface area contributed by atoms with Crippen LogP contribution < -0.4 is 0 Å². The van der Waals surface area contributed by atoms with E-state index < -0.39 is 4.20 Å². The lowest BCUT2D eigenvalue weighted by Gasteiger charge is -2.20. The molecule has 0 saturated heterocycles. The van der Waals surface area contributed by atoms with Crippen molar-refractivity contribution in [2.75, 3.05) is 12.1 Å². The zero-order valence-corrected chi connectivity index (χ0v) is 9.04. The number of hydrogen-bond donors (Lipinski definition) is 0. The molecule has 1 heterocycles. The molecule has 0 aromatic heterocycles. The second kappa shape index (κ2) is 3.79. The summed E-state index contributed by atoms with van der Waals surface area (Å²) >= 11 is 2.98. The van der Waals surface area contributed by atoms with E-state index in [1.54, 1.807) is 0 Å². The zero-order chi connectivity index (χ0) is 9.19. The van der Waals surface area contributed by atoms with Crippen LogP contribution in [0.4, 0.5) is 0 Å². The summed E-state index contributed by atoms with van der Waals surface area (Å²) in [6.07, 6.45) is 1.90. The van der Waals surface area contributed by atoms with Crippen molar-refractivity contribution in [3.63, 3.8) is 0 Å². The van der Waals surface area contributed by atoms with Gasteiger partial charge in [0.25, 0.3) is 0 Å². The second-order valence-corrected chi connectivity index (χ2v) is 5.21. The van der Waals surface area contributed by atoms with Crippen LogP contribution in [-0.2, 0) is 4.79 Å². The minimum atomic E-state index is -0.631. The lowest BCUT2D eigenvalue weighted by Crippen LogP contribution is -2.31. The average molecular weight is 204 g/mol. The van der Waals surface area contributed by atoms with Gasteiger partial charge in [0, 0.05) is 5.92 Å². The van der Waals surface area contributed by atoms with Crippen molar-refractivity contribution in [1.82, 2.24) is 0 Å². The van der Waals surface area contributed by atoms with Gasteiger partial charge in [-0.25, -0.2) is 0 Å². The molecule has 0 fully saturated rings. The second-order valence-electron chi connectivity index (χ2n) is 2.82. The Balaban J connectivity index is 2.80. The minimum absolute atomic E-state index is 0.0296. The Morgan fingerprint density at radius 1 is 1.67 bits per heavy atom. The van der Waals surface area contributed by atoms with Crippen molar-refractivity contribution in [2.24, 2.45) is 16.1 Å². The van der Waals surface area contributed by atoms with Gasteiger partial charge in [-0.3, -0.25) is 4.79 Å². The summed E-state index contributed by atoms with van der Waals surface area (Å²) in [5, 5.41) is 7.87. The predicted molar refractivity (Wildman–Crippen MR) is 53.4 cm³/mol. The first kappa shape index (κ1) is 10.1. The van der Waals surface area contributed by atoms with Crippen LogP contribution in [-0.4, -0.2) is 22.1 Å². The Morgan fingerprint density at radius 2 is 2.33 bits per heavy atom. The summed E-state index contributed by atoms with van der Waals surface area (Å²) in [6.45, 7) is 3.80. The Bertz CT molecular complexity index is 217. The van der Waals surface area contributed by atoms with Gasteiger partial charge in [0.15, 0.2) is 5.78 Å². The first-order valence-corrected chi connectivity index (χ1v) is 5.95. The Hall–Kier alpha value is -0.0300. The zero-order valence-electron chi connectivity index (χ0n) is 7.40. The van der Waals surface area contributed by atoms with Crippen molar-refractivity contribution in [2.45, 2.75) is 18.1 Å². The molecule has 0 N–H and O–H groups in total. The molecular formula is C7H12N2OS2. The molecule has 1 atom stereocenters. The molecule has 0 radical (unpaired) electrons. The van der Waals surface area contributed by atoms with E-state index in [-0.39, 0.29) is 11.7 Å². The molecule has 0 bridgehead atoms. The van der Waals surface area contributed by atoms with E-state index in [0.29, 0.717) is 5.88 Å². The van der Waals surface area contributed by atoms with Crippen molar-refractivity contribution in [3.05, 3.63) is 0 Å². The first-order chi connectivity index (χ1) is 5.62. The van der Waals surface area contributed by atoms with Crippen LogP contribution in [0.3, 0.4) is 0 Å². The Kier molecular flexibility index (Phi) is 3.17. The van der Waals surface area contributed by atoms with Gasteiger partial charge < -0.3 is 0 Å². The van der Waals surface area contributed by atoms with E-state index in [9.17, 15) is 4.79 Å². The minimum Gasteiger partial charge on any atom is -0.295 e. The van der Waals surface area contributed by atoms with E-state index in [4.69, 9.17) is 0 Å². The van der Waals surface area contributed by atoms with Crippen molar-refractivity contribution < 1.29 is 4.79 Å². The van der Waals surface area contributed by atoms with Crippen molar-refractivity contribution in [3.8, 4) is 0 Å². The molecule has 0 aromatic carbocycles. The van der Waals surface area contributed by atoms with E-state index in [1.807, 2.05) is 20.1 Å². The van der Waals surface area contributed by atoms with Crippen LogP contribution in [0, 0.1) is 5.92 Å². The molecule has 68 valence electrons. The molecule has 1 aliphatic heterocycles. The number of carbonyl (C=O) groups excluding carboxylic acids is 1. The quantitative estimate of drug-likeness (QED) is 0.708. The van der Waals surface area contributed by atoms with Gasteiger partial charge >= 0.3 is 0 Å². The normalized spacial score (nSPS) is 28.3. The number of hydrogen-bond acceptors (Lipinski definition) is 5. The summed E-state index contributed by atoms with van der Waals surface area (Å²) in [6, 6.07) is 0. The fourth-order valence-electron chi connectivity index (χ4n) is 0.953. The maximum absolute atomic E-state index is 11.7. The molecule has 0 aromatic rings. The highest BCUT2D eigenvalue weighted by molar-refractivity contribution is 8.19. The van der Waals surface area contributed by atoms with E-state index in [1.165, 1.54) is 23.5 Å². The van der Waals surface area contributed by atoms with Crippen LogP contribution >= 0.6 is 23.5 Å². The maximum Gasteiger partial charge on any atom is 0.232 e. The topological polar surface area (TPSA) is 41.8 Å². The number of azo groups is 1. The van der Waals surface area contributed by atoms with Gasteiger partial charge in [-0.1, -0.05) is 25.6 Å². The molecule has 0 amide bonds. The van der Waals surface area contributed by atoms with Gasteiger partial charge in [0.2, 0.25) is 4.20 Å². The van der Waals surface area contributed by atoms with Crippen molar-refractivity contribution >= 4 is 29.3 Å². The lowest BCUT2D eigenvalue weighted by atomic mass is 10.1. The Morgan fingerprint density at radius 3 is 2.67 bits per heavy atom. The largest absolute Gasteiger partial charge is 0.295 e. The SMILES string of the molecule is CSC1(C(=O)C(C)C)N=NCS1. The molecule has 1 rings (SSSR count). The standard InChI is InChI=1S/C7H12N2OS2/c1-5(2)6(10)7(11-3)9-8-4-12-7/h5H,4H2,1-3H3. The highest BCUT2D eigenvalue weighted by Gasteiger charge is 2.42. The third-order valence-electron chi connectivity index (χ3n) is 1.63. The number of carbonyl (C=O) groups is 1. The smallest absolute Gasteiger partial charge is 0.232 e. The molecule has 1 aliphatic rings. The van der Waals surface area contributed by atoms with E-state index in [2.05, 4.69) is 10.2 Å². The average Bonchev–Trinajstić information content (AvgIpc) is 2.52. The molecule has 0 saturated carbocycles. The molecular weight excluding hydrogens is 192 g/mol. The number of Topliss-reactive ketones (excluding diaryl/α,β-unsaturated/α-hetero) is 1. The first-order valence-electron chi connectivity index (χ1n) is 3.74.